The molecule has 1 fully saturated rings. The van der Waals surface area contributed by atoms with E-state index < -0.39 is 5.82 Å². The van der Waals surface area contributed by atoms with Crippen molar-refractivity contribution in [3.05, 3.63) is 70.0 Å². The molecule has 0 aromatic heterocycles. The Bertz CT molecular complexity index is 742. The fourth-order valence-electron chi connectivity index (χ4n) is 2.88. The fourth-order valence-corrected chi connectivity index (χ4v) is 3.06. The molecular formula is C19H20ClFN2O. The van der Waals surface area contributed by atoms with E-state index in [0.29, 0.717) is 11.1 Å². The Hall–Kier alpha value is -1.75. The second kappa shape index (κ2) is 7.43. The van der Waals surface area contributed by atoms with Crippen LogP contribution in [0.2, 0.25) is 5.02 Å². The molecule has 3 nitrogen and oxygen atoms in total. The highest BCUT2D eigenvalue weighted by molar-refractivity contribution is 6.31. The average molecular weight is 347 g/mol. The maximum Gasteiger partial charge on any atom is 0.193 e. The number of piperazine rings is 1. The van der Waals surface area contributed by atoms with Crippen LogP contribution in [0.4, 0.5) is 4.39 Å². The highest BCUT2D eigenvalue weighted by Gasteiger charge is 2.15. The molecule has 0 amide bonds. The number of carbonyl (C=O) groups is 1. The lowest BCUT2D eigenvalue weighted by atomic mass is 10.0. The van der Waals surface area contributed by atoms with E-state index in [2.05, 4.69) is 16.8 Å². The average Bonchev–Trinajstić information content (AvgIpc) is 2.59. The zero-order valence-electron chi connectivity index (χ0n) is 13.6. The molecule has 0 saturated carbocycles. The Kier molecular flexibility index (Phi) is 5.29. The van der Waals surface area contributed by atoms with Crippen molar-refractivity contribution in [3.8, 4) is 0 Å². The maximum absolute atomic E-state index is 13.3. The van der Waals surface area contributed by atoms with Crippen LogP contribution in [0.15, 0.2) is 42.5 Å². The zero-order valence-corrected chi connectivity index (χ0v) is 14.4. The van der Waals surface area contributed by atoms with Gasteiger partial charge in [-0.2, -0.15) is 0 Å². The Morgan fingerprint density at radius 3 is 2.50 bits per heavy atom. The standard InChI is InChI=1S/C19H20ClFN2O/c1-22-7-9-23(10-8-22)13-14-3-2-4-15(11-14)19(24)16-5-6-18(21)17(20)12-16/h2-6,11-12H,7-10,13H2,1H3. The van der Waals surface area contributed by atoms with Crippen LogP contribution in [-0.2, 0) is 6.54 Å². The largest absolute Gasteiger partial charge is 0.304 e. The van der Waals surface area contributed by atoms with E-state index in [1.165, 1.54) is 18.2 Å². The number of nitrogens with zero attached hydrogens (tertiary/aromatic N) is 2. The van der Waals surface area contributed by atoms with Gasteiger partial charge < -0.3 is 4.90 Å². The van der Waals surface area contributed by atoms with Crippen molar-refractivity contribution in [3.63, 3.8) is 0 Å². The molecule has 1 aliphatic rings. The molecule has 0 N–H and O–H groups in total. The second-order valence-corrected chi connectivity index (χ2v) is 6.65. The molecule has 0 aliphatic carbocycles. The number of ketones is 1. The summed E-state index contributed by atoms with van der Waals surface area (Å²) in [6.07, 6.45) is 0. The number of benzene rings is 2. The van der Waals surface area contributed by atoms with Gasteiger partial charge in [-0.05, 0) is 36.9 Å². The SMILES string of the molecule is CN1CCN(Cc2cccc(C(=O)c3ccc(F)c(Cl)c3)c2)CC1. The third-order valence-corrected chi connectivity index (χ3v) is 4.66. The fraction of sp³-hybridized carbons (Fsp3) is 0.316. The van der Waals surface area contributed by atoms with Crippen LogP contribution < -0.4 is 0 Å². The molecule has 2 aromatic rings. The zero-order chi connectivity index (χ0) is 17.1. The van der Waals surface area contributed by atoms with Crippen LogP contribution in [0, 0.1) is 5.82 Å². The molecule has 24 heavy (non-hydrogen) atoms. The minimum absolute atomic E-state index is 0.0329. The van der Waals surface area contributed by atoms with Crippen molar-refractivity contribution in [2.45, 2.75) is 6.54 Å². The molecule has 0 bridgehead atoms. The summed E-state index contributed by atoms with van der Waals surface area (Å²) in [5.41, 5.74) is 2.11. The Balaban J connectivity index is 1.74. The lowest BCUT2D eigenvalue weighted by Gasteiger charge is -2.32. The highest BCUT2D eigenvalue weighted by Crippen LogP contribution is 2.19. The van der Waals surface area contributed by atoms with Crippen molar-refractivity contribution in [1.29, 1.82) is 0 Å². The summed E-state index contributed by atoms with van der Waals surface area (Å²) in [5, 5.41) is -0.0329. The number of hydrogen-bond acceptors (Lipinski definition) is 3. The summed E-state index contributed by atoms with van der Waals surface area (Å²) in [4.78, 5) is 17.3. The van der Waals surface area contributed by atoms with Crippen molar-refractivity contribution < 1.29 is 9.18 Å². The minimum Gasteiger partial charge on any atom is -0.304 e. The van der Waals surface area contributed by atoms with Crippen LogP contribution >= 0.6 is 11.6 Å². The third kappa shape index (κ3) is 4.01. The number of rotatable bonds is 4. The van der Waals surface area contributed by atoms with E-state index in [1.54, 1.807) is 6.07 Å². The quantitative estimate of drug-likeness (QED) is 0.792. The van der Waals surface area contributed by atoms with Gasteiger partial charge in [0, 0.05) is 43.9 Å². The van der Waals surface area contributed by atoms with E-state index >= 15 is 0 Å². The molecular weight excluding hydrogens is 327 g/mol. The molecule has 5 heteroatoms. The normalized spacial score (nSPS) is 16.3. The molecule has 126 valence electrons. The topological polar surface area (TPSA) is 23.6 Å². The predicted molar refractivity (Wildman–Crippen MR) is 94.1 cm³/mol. The van der Waals surface area contributed by atoms with Crippen LogP contribution in [0.25, 0.3) is 0 Å². The molecule has 0 unspecified atom stereocenters. The van der Waals surface area contributed by atoms with E-state index in [0.717, 1.165) is 38.3 Å². The second-order valence-electron chi connectivity index (χ2n) is 6.24. The Labute approximate surface area is 146 Å². The van der Waals surface area contributed by atoms with E-state index in [1.807, 2.05) is 18.2 Å². The first-order chi connectivity index (χ1) is 11.5. The molecule has 2 aromatic carbocycles. The first-order valence-electron chi connectivity index (χ1n) is 8.02. The van der Waals surface area contributed by atoms with Gasteiger partial charge in [-0.25, -0.2) is 4.39 Å². The molecule has 0 spiro atoms. The summed E-state index contributed by atoms with van der Waals surface area (Å²) >= 11 is 5.78. The number of carbonyl (C=O) groups excluding carboxylic acids is 1. The summed E-state index contributed by atoms with van der Waals surface area (Å²) < 4.78 is 13.3. The lowest BCUT2D eigenvalue weighted by Crippen LogP contribution is -2.43. The van der Waals surface area contributed by atoms with Gasteiger partial charge in [-0.3, -0.25) is 9.69 Å². The summed E-state index contributed by atoms with van der Waals surface area (Å²) in [6.45, 7) is 5.02. The molecule has 1 saturated heterocycles. The van der Waals surface area contributed by atoms with Gasteiger partial charge in [0.05, 0.1) is 5.02 Å². The van der Waals surface area contributed by atoms with Crippen molar-refractivity contribution in [2.24, 2.45) is 0 Å². The molecule has 1 heterocycles. The van der Waals surface area contributed by atoms with Crippen molar-refractivity contribution in [2.75, 3.05) is 33.2 Å². The first-order valence-corrected chi connectivity index (χ1v) is 8.40. The van der Waals surface area contributed by atoms with Gasteiger partial charge in [0.15, 0.2) is 5.78 Å². The molecule has 0 radical (unpaired) electrons. The summed E-state index contributed by atoms with van der Waals surface area (Å²) in [5.74, 6) is -0.658. The smallest absolute Gasteiger partial charge is 0.193 e. The van der Waals surface area contributed by atoms with Gasteiger partial charge in [0.1, 0.15) is 5.82 Å². The van der Waals surface area contributed by atoms with E-state index in [4.69, 9.17) is 11.6 Å². The Morgan fingerprint density at radius 2 is 1.79 bits per heavy atom. The predicted octanol–water partition coefficient (Wildman–Crippen LogP) is 3.46. The van der Waals surface area contributed by atoms with Gasteiger partial charge in [0.2, 0.25) is 0 Å². The summed E-state index contributed by atoms with van der Waals surface area (Å²) in [6, 6.07) is 11.7. The van der Waals surface area contributed by atoms with Gasteiger partial charge >= 0.3 is 0 Å². The first kappa shape index (κ1) is 17.1. The molecule has 1 aliphatic heterocycles. The van der Waals surface area contributed by atoms with Gasteiger partial charge in [-0.15, -0.1) is 0 Å². The van der Waals surface area contributed by atoms with Crippen LogP contribution in [0.3, 0.4) is 0 Å². The maximum atomic E-state index is 13.3. The number of likely N-dealkylation sites (N-methyl/N-ethyl adjacent to an activating group) is 1. The minimum atomic E-state index is -0.517. The van der Waals surface area contributed by atoms with Crippen molar-refractivity contribution in [1.82, 2.24) is 9.80 Å². The number of hydrogen-bond donors (Lipinski definition) is 0. The van der Waals surface area contributed by atoms with Crippen molar-refractivity contribution >= 4 is 17.4 Å². The Morgan fingerprint density at radius 1 is 1.08 bits per heavy atom. The lowest BCUT2D eigenvalue weighted by molar-refractivity contribution is 0.103. The van der Waals surface area contributed by atoms with E-state index in [9.17, 15) is 9.18 Å². The van der Waals surface area contributed by atoms with Gasteiger partial charge in [-0.1, -0.05) is 29.8 Å². The monoisotopic (exact) mass is 346 g/mol. The number of halogens is 2. The third-order valence-electron chi connectivity index (χ3n) is 4.37. The van der Waals surface area contributed by atoms with Crippen LogP contribution in [0.5, 0.6) is 0 Å². The molecule has 3 rings (SSSR count). The molecule has 0 atom stereocenters. The van der Waals surface area contributed by atoms with Gasteiger partial charge in [0.25, 0.3) is 0 Å². The van der Waals surface area contributed by atoms with Crippen LogP contribution in [-0.4, -0.2) is 48.8 Å². The van der Waals surface area contributed by atoms with E-state index in [-0.39, 0.29) is 10.8 Å². The highest BCUT2D eigenvalue weighted by atomic mass is 35.5. The summed E-state index contributed by atoms with van der Waals surface area (Å²) in [7, 11) is 2.13. The van der Waals surface area contributed by atoms with Crippen LogP contribution in [0.1, 0.15) is 21.5 Å².